The molecule has 1 N–H and O–H groups in total. The number of aromatic nitrogens is 1. The third-order valence-electron chi connectivity index (χ3n) is 2.45. The van der Waals surface area contributed by atoms with E-state index in [2.05, 4.69) is 31.1 Å². The fourth-order valence-corrected chi connectivity index (χ4v) is 3.26. The summed E-state index contributed by atoms with van der Waals surface area (Å²) in [7, 11) is 0. The van der Waals surface area contributed by atoms with E-state index in [0.717, 1.165) is 10.7 Å². The Hall–Kier alpha value is -1.27. The van der Waals surface area contributed by atoms with Gasteiger partial charge in [0.2, 0.25) is 5.76 Å². The van der Waals surface area contributed by atoms with Crippen molar-refractivity contribution in [3.05, 3.63) is 34.0 Å². The highest BCUT2D eigenvalue weighted by atomic mass is 32.2. The third kappa shape index (κ3) is 3.61. The molecular weight excluding hydrogens is 282 g/mol. The Kier molecular flexibility index (Phi) is 4.01. The molecule has 0 saturated carbocycles. The van der Waals surface area contributed by atoms with Crippen molar-refractivity contribution >= 4 is 29.1 Å². The second-order valence-corrected chi connectivity index (χ2v) is 7.01. The average molecular weight is 297 g/mol. The number of nitrogens with zero attached hydrogens (tertiary/aromatic N) is 1. The van der Waals surface area contributed by atoms with Gasteiger partial charge in [0.05, 0.1) is 11.4 Å². The molecule has 0 atom stereocenters. The number of furan rings is 1. The summed E-state index contributed by atoms with van der Waals surface area (Å²) in [6, 6.07) is 3.14. The Bertz CT molecular complexity index is 581. The first-order valence-electron chi connectivity index (χ1n) is 5.77. The lowest BCUT2D eigenvalue weighted by Crippen LogP contribution is -2.11. The minimum absolute atomic E-state index is 0.0305. The van der Waals surface area contributed by atoms with Crippen molar-refractivity contribution in [3.8, 4) is 0 Å². The van der Waals surface area contributed by atoms with E-state index in [1.165, 1.54) is 17.8 Å². The number of thioether (sulfide) groups is 1. The van der Waals surface area contributed by atoms with Crippen molar-refractivity contribution in [2.24, 2.45) is 0 Å². The Balaban J connectivity index is 1.98. The maximum absolute atomic E-state index is 10.7. The topological polar surface area (TPSA) is 63.3 Å². The maximum Gasteiger partial charge on any atom is 0.371 e. The number of carboxylic acids is 1. The highest BCUT2D eigenvalue weighted by Crippen LogP contribution is 2.29. The molecule has 0 spiro atoms. The van der Waals surface area contributed by atoms with Crippen LogP contribution in [0.25, 0.3) is 0 Å². The molecule has 2 aromatic heterocycles. The molecule has 0 bridgehead atoms. The van der Waals surface area contributed by atoms with Gasteiger partial charge in [-0.1, -0.05) is 32.5 Å². The highest BCUT2D eigenvalue weighted by Gasteiger charge is 2.17. The molecule has 102 valence electrons. The first-order valence-corrected chi connectivity index (χ1v) is 7.63. The summed E-state index contributed by atoms with van der Waals surface area (Å²) in [5.74, 6) is -0.388. The predicted octanol–water partition coefficient (Wildman–Crippen LogP) is 4.02. The molecule has 2 aromatic rings. The van der Waals surface area contributed by atoms with Crippen molar-refractivity contribution in [1.82, 2.24) is 4.98 Å². The summed E-state index contributed by atoms with van der Waals surface area (Å²) in [5, 5.41) is 12.5. The fourth-order valence-electron chi connectivity index (χ4n) is 1.37. The second kappa shape index (κ2) is 5.38. The van der Waals surface area contributed by atoms with Gasteiger partial charge in [-0.25, -0.2) is 9.78 Å². The molecule has 6 heteroatoms. The number of carbonyl (C=O) groups is 1. The minimum Gasteiger partial charge on any atom is -0.475 e. The molecule has 0 amide bonds. The lowest BCUT2D eigenvalue weighted by molar-refractivity contribution is 0.0656. The quantitative estimate of drug-likeness (QED) is 0.863. The lowest BCUT2D eigenvalue weighted by Gasteiger charge is -2.14. The molecule has 0 saturated heterocycles. The first kappa shape index (κ1) is 14.1. The van der Waals surface area contributed by atoms with Crippen LogP contribution in [0, 0.1) is 0 Å². The molecule has 4 nitrogen and oxygen atoms in total. The molecule has 19 heavy (non-hydrogen) atoms. The zero-order valence-corrected chi connectivity index (χ0v) is 12.6. The van der Waals surface area contributed by atoms with Crippen LogP contribution in [0.4, 0.5) is 0 Å². The zero-order chi connectivity index (χ0) is 14.0. The van der Waals surface area contributed by atoms with Gasteiger partial charge in [0.25, 0.3) is 0 Å². The van der Waals surface area contributed by atoms with Crippen LogP contribution in [0.2, 0.25) is 0 Å². The second-order valence-electron chi connectivity index (χ2n) is 5.09. The smallest absolute Gasteiger partial charge is 0.371 e. The molecule has 2 rings (SSSR count). The number of carboxylic acid groups (broad SMARTS) is 1. The first-order chi connectivity index (χ1) is 8.86. The third-order valence-corrected chi connectivity index (χ3v) is 4.40. The van der Waals surface area contributed by atoms with Crippen LogP contribution in [0.3, 0.4) is 0 Å². The van der Waals surface area contributed by atoms with E-state index >= 15 is 0 Å². The van der Waals surface area contributed by atoms with Gasteiger partial charge in [-0.3, -0.25) is 0 Å². The molecule has 0 fully saturated rings. The summed E-state index contributed by atoms with van der Waals surface area (Å²) in [5.41, 5.74) is 1.14. The van der Waals surface area contributed by atoms with Gasteiger partial charge in [0.15, 0.2) is 5.09 Å². The van der Waals surface area contributed by atoms with Gasteiger partial charge in [-0.15, -0.1) is 11.3 Å². The van der Waals surface area contributed by atoms with Crippen LogP contribution in [0.1, 0.15) is 42.0 Å². The Morgan fingerprint density at radius 1 is 1.47 bits per heavy atom. The number of hydrogen-bond acceptors (Lipinski definition) is 5. The summed E-state index contributed by atoms with van der Waals surface area (Å²) in [6.45, 7) is 6.39. The van der Waals surface area contributed by atoms with Crippen molar-refractivity contribution in [2.45, 2.75) is 37.0 Å². The monoisotopic (exact) mass is 297 g/mol. The summed E-state index contributed by atoms with van der Waals surface area (Å²) in [6.07, 6.45) is 0. The molecule has 0 aliphatic heterocycles. The fraction of sp³-hybridized carbons (Fsp3) is 0.385. The SMILES string of the molecule is CC(C)(C)c1csc(CSc2ccc(C(=O)O)o2)n1. The highest BCUT2D eigenvalue weighted by molar-refractivity contribution is 7.98. The largest absolute Gasteiger partial charge is 0.475 e. The minimum atomic E-state index is -1.05. The van der Waals surface area contributed by atoms with Crippen LogP contribution in [0.15, 0.2) is 27.0 Å². The van der Waals surface area contributed by atoms with E-state index in [0.29, 0.717) is 10.8 Å². The molecule has 0 radical (unpaired) electrons. The number of thiazole rings is 1. The molecule has 2 heterocycles. The van der Waals surface area contributed by atoms with Crippen molar-refractivity contribution in [2.75, 3.05) is 0 Å². The van der Waals surface area contributed by atoms with Gasteiger partial charge in [-0.05, 0) is 12.1 Å². The van der Waals surface area contributed by atoms with E-state index in [-0.39, 0.29) is 11.2 Å². The van der Waals surface area contributed by atoms with Crippen molar-refractivity contribution < 1.29 is 14.3 Å². The van der Waals surface area contributed by atoms with Crippen LogP contribution in [-0.4, -0.2) is 16.1 Å². The predicted molar refractivity (Wildman–Crippen MR) is 76.0 cm³/mol. The maximum atomic E-state index is 10.7. The molecule has 0 aliphatic rings. The summed E-state index contributed by atoms with van der Waals surface area (Å²) < 4.78 is 5.18. The van der Waals surface area contributed by atoms with E-state index in [9.17, 15) is 4.79 Å². The van der Waals surface area contributed by atoms with Crippen LogP contribution in [-0.2, 0) is 11.2 Å². The lowest BCUT2D eigenvalue weighted by atomic mass is 9.93. The Morgan fingerprint density at radius 3 is 2.74 bits per heavy atom. The van der Waals surface area contributed by atoms with Gasteiger partial charge < -0.3 is 9.52 Å². The van der Waals surface area contributed by atoms with Crippen LogP contribution < -0.4 is 0 Å². The van der Waals surface area contributed by atoms with Crippen molar-refractivity contribution in [1.29, 1.82) is 0 Å². The van der Waals surface area contributed by atoms with E-state index in [4.69, 9.17) is 9.52 Å². The number of aromatic carboxylic acids is 1. The standard InChI is InChI=1S/C13H15NO3S2/c1-13(2,3)9-6-18-10(14-9)7-19-11-5-4-8(17-11)12(15)16/h4-6H,7H2,1-3H3,(H,15,16). The van der Waals surface area contributed by atoms with E-state index in [1.807, 2.05) is 0 Å². The molecular formula is C13H15NO3S2. The summed E-state index contributed by atoms with van der Waals surface area (Å²) in [4.78, 5) is 15.3. The molecule has 0 aliphatic carbocycles. The Morgan fingerprint density at radius 2 is 2.21 bits per heavy atom. The molecule has 0 aromatic carbocycles. The van der Waals surface area contributed by atoms with Crippen LogP contribution in [0.5, 0.6) is 0 Å². The van der Waals surface area contributed by atoms with Crippen molar-refractivity contribution in [3.63, 3.8) is 0 Å². The van der Waals surface area contributed by atoms with Gasteiger partial charge >= 0.3 is 5.97 Å². The van der Waals surface area contributed by atoms with Gasteiger partial charge in [0, 0.05) is 10.8 Å². The van der Waals surface area contributed by atoms with E-state index < -0.39 is 5.97 Å². The zero-order valence-electron chi connectivity index (χ0n) is 11.0. The number of hydrogen-bond donors (Lipinski definition) is 1. The van der Waals surface area contributed by atoms with Gasteiger partial charge in [-0.2, -0.15) is 0 Å². The normalized spacial score (nSPS) is 11.7. The number of rotatable bonds is 4. The van der Waals surface area contributed by atoms with E-state index in [1.54, 1.807) is 17.4 Å². The van der Waals surface area contributed by atoms with Crippen LogP contribution >= 0.6 is 23.1 Å². The summed E-state index contributed by atoms with van der Waals surface area (Å²) >= 11 is 3.07. The molecule has 0 unspecified atom stereocenters. The van der Waals surface area contributed by atoms with Gasteiger partial charge in [0.1, 0.15) is 5.01 Å². The average Bonchev–Trinajstić information content (AvgIpc) is 2.95. The Labute approximate surface area is 119 Å².